The van der Waals surface area contributed by atoms with Gasteiger partial charge in [-0.2, -0.15) is 5.26 Å². The Morgan fingerprint density at radius 1 is 0.855 bits per heavy atom. The number of aliphatic carboxylic acids is 1. The Bertz CT molecular complexity index is 2750. The van der Waals surface area contributed by atoms with Crippen molar-refractivity contribution >= 4 is 46.7 Å². The molecule has 0 saturated carbocycles. The van der Waals surface area contributed by atoms with Crippen LogP contribution in [0.25, 0.3) is 11.1 Å². The second-order valence-electron chi connectivity index (χ2n) is 15.0. The average Bonchev–Trinajstić information content (AvgIpc) is 3.29. The van der Waals surface area contributed by atoms with Crippen molar-refractivity contribution in [3.8, 4) is 40.5 Å². The molecule has 308 valence electrons. The number of carbonyl (C=O) groups is 3. The van der Waals surface area contributed by atoms with Crippen molar-refractivity contribution in [1.29, 1.82) is 5.26 Å². The molecule has 6 aromatic carbocycles. The minimum Gasteiger partial charge on any atom is -0.489 e. The first kappa shape index (κ1) is 41.6. The van der Waals surface area contributed by atoms with E-state index in [0.717, 1.165) is 38.9 Å². The van der Waals surface area contributed by atoms with Gasteiger partial charge in [0, 0.05) is 24.1 Å². The van der Waals surface area contributed by atoms with Gasteiger partial charge in [-0.1, -0.05) is 108 Å². The third kappa shape index (κ3) is 9.76. The van der Waals surface area contributed by atoms with Crippen LogP contribution in [0.15, 0.2) is 133 Å². The molecule has 2 aliphatic rings. The van der Waals surface area contributed by atoms with Gasteiger partial charge in [0.25, 0.3) is 5.91 Å². The van der Waals surface area contributed by atoms with E-state index in [1.165, 1.54) is 0 Å². The molecule has 3 unspecified atom stereocenters. The fourth-order valence-electron chi connectivity index (χ4n) is 7.46. The fourth-order valence-corrected chi connectivity index (χ4v) is 7.78. The minimum absolute atomic E-state index is 0.0678. The quantitative estimate of drug-likeness (QED) is 0.110. The highest BCUT2D eigenvalue weighted by atomic mass is 35.5. The van der Waals surface area contributed by atoms with Crippen LogP contribution in [0, 0.1) is 23.2 Å². The van der Waals surface area contributed by atoms with E-state index in [-0.39, 0.29) is 31.9 Å². The molecule has 0 spiro atoms. The molecule has 2 aliphatic heterocycles. The number of hydrogen-bond acceptors (Lipinski definition) is 7. The van der Waals surface area contributed by atoms with Gasteiger partial charge in [0.1, 0.15) is 24.1 Å². The lowest BCUT2D eigenvalue weighted by Gasteiger charge is -2.36. The summed E-state index contributed by atoms with van der Waals surface area (Å²) < 4.78 is 12.3. The number of anilines is 1. The standard InChI is InChI=1S/C50H38Cl2N4O6/c51-41-21-12-34(23-42(41)52)30-61-40-19-17-37(18-20-40)47-49(58)54-43-25-38-26-45(56(29-39(38)27-46(43)62-47)22-4-7-31-5-2-1-3-6-31)48(57)55-44(50(59)60)24-32-8-13-35(14-9-32)36-15-10-33(28-53)11-16-36/h1-3,5-6,8-21,23,25,27,44-45,47H,22,24,26,29-30H2,(H,54,58)(H,55,57)(H,59,60). The molecule has 2 heterocycles. The zero-order valence-electron chi connectivity index (χ0n) is 33.1. The number of nitrogens with zero attached hydrogens (tertiary/aromatic N) is 2. The van der Waals surface area contributed by atoms with Crippen molar-refractivity contribution in [3.63, 3.8) is 0 Å². The van der Waals surface area contributed by atoms with Crippen molar-refractivity contribution in [2.45, 2.75) is 44.2 Å². The summed E-state index contributed by atoms with van der Waals surface area (Å²) in [7, 11) is 0. The summed E-state index contributed by atoms with van der Waals surface area (Å²) in [6.45, 7) is 0.841. The molecular formula is C50H38Cl2N4O6. The predicted octanol–water partition coefficient (Wildman–Crippen LogP) is 8.77. The largest absolute Gasteiger partial charge is 0.489 e. The second-order valence-corrected chi connectivity index (χ2v) is 15.8. The van der Waals surface area contributed by atoms with E-state index in [1.54, 1.807) is 48.5 Å². The first-order chi connectivity index (χ1) is 30.1. The molecule has 3 atom stereocenters. The number of hydrogen-bond donors (Lipinski definition) is 3. The number of ether oxygens (including phenoxy) is 2. The molecule has 0 fully saturated rings. The number of nitrogens with one attached hydrogen (secondary N) is 2. The van der Waals surface area contributed by atoms with Gasteiger partial charge in [0.15, 0.2) is 0 Å². The maximum atomic E-state index is 14.2. The lowest BCUT2D eigenvalue weighted by Crippen LogP contribution is -2.54. The summed E-state index contributed by atoms with van der Waals surface area (Å²) in [5, 5.41) is 26.1. The van der Waals surface area contributed by atoms with Gasteiger partial charge in [-0.05, 0) is 100 Å². The summed E-state index contributed by atoms with van der Waals surface area (Å²) >= 11 is 12.2. The van der Waals surface area contributed by atoms with Gasteiger partial charge < -0.3 is 25.2 Å². The molecule has 2 amide bonds. The fraction of sp³-hybridized carbons (Fsp3) is 0.160. The summed E-state index contributed by atoms with van der Waals surface area (Å²) in [6.07, 6.45) is -0.603. The van der Waals surface area contributed by atoms with Crippen LogP contribution in [0.3, 0.4) is 0 Å². The number of fused-ring (bicyclic) bond motifs is 2. The van der Waals surface area contributed by atoms with Crippen LogP contribution in [0.5, 0.6) is 11.5 Å². The van der Waals surface area contributed by atoms with E-state index in [0.29, 0.717) is 44.9 Å². The zero-order chi connectivity index (χ0) is 43.2. The maximum Gasteiger partial charge on any atom is 0.326 e. The van der Waals surface area contributed by atoms with Crippen LogP contribution in [-0.2, 0) is 40.4 Å². The molecule has 8 rings (SSSR count). The summed E-state index contributed by atoms with van der Waals surface area (Å²) in [5.41, 5.74) is 7.67. The highest BCUT2D eigenvalue weighted by Crippen LogP contribution is 2.40. The first-order valence-corrected chi connectivity index (χ1v) is 20.6. The minimum atomic E-state index is -1.20. The van der Waals surface area contributed by atoms with Gasteiger partial charge in [0.2, 0.25) is 12.0 Å². The Balaban J connectivity index is 0.980. The summed E-state index contributed by atoms with van der Waals surface area (Å²) in [6, 6.07) is 40.5. The van der Waals surface area contributed by atoms with Gasteiger partial charge in [-0.15, -0.1) is 0 Å². The molecule has 6 aromatic rings. The highest BCUT2D eigenvalue weighted by Gasteiger charge is 2.36. The molecule has 62 heavy (non-hydrogen) atoms. The van der Waals surface area contributed by atoms with Gasteiger partial charge >= 0.3 is 5.97 Å². The predicted molar refractivity (Wildman–Crippen MR) is 237 cm³/mol. The monoisotopic (exact) mass is 860 g/mol. The van der Waals surface area contributed by atoms with E-state index in [2.05, 4.69) is 28.5 Å². The Morgan fingerprint density at radius 3 is 2.26 bits per heavy atom. The third-order valence-corrected chi connectivity index (χ3v) is 11.5. The number of carboxylic acid groups (broad SMARTS) is 1. The Kier molecular flexibility index (Phi) is 12.5. The van der Waals surface area contributed by atoms with Gasteiger partial charge in [-0.3, -0.25) is 14.5 Å². The molecule has 0 aliphatic carbocycles. The van der Waals surface area contributed by atoms with Gasteiger partial charge in [-0.25, -0.2) is 4.79 Å². The summed E-state index contributed by atoms with van der Waals surface area (Å²) in [4.78, 5) is 42.1. The number of carboxylic acids is 1. The topological polar surface area (TPSA) is 141 Å². The highest BCUT2D eigenvalue weighted by molar-refractivity contribution is 6.42. The maximum absolute atomic E-state index is 14.2. The van der Waals surface area contributed by atoms with Crippen molar-refractivity contribution in [2.75, 3.05) is 11.9 Å². The number of benzene rings is 6. The van der Waals surface area contributed by atoms with E-state index in [4.69, 9.17) is 37.9 Å². The molecule has 12 heteroatoms. The Morgan fingerprint density at radius 2 is 1.56 bits per heavy atom. The summed E-state index contributed by atoms with van der Waals surface area (Å²) in [5.74, 6) is 5.52. The average molecular weight is 862 g/mol. The molecular weight excluding hydrogens is 823 g/mol. The third-order valence-electron chi connectivity index (χ3n) is 10.8. The number of amides is 2. The number of halogens is 2. The van der Waals surface area contributed by atoms with Crippen LogP contribution < -0.4 is 20.1 Å². The second kappa shape index (κ2) is 18.7. The van der Waals surface area contributed by atoms with Crippen molar-refractivity contribution in [3.05, 3.63) is 182 Å². The first-order valence-electron chi connectivity index (χ1n) is 19.8. The number of carbonyl (C=O) groups excluding carboxylic acids is 2. The zero-order valence-corrected chi connectivity index (χ0v) is 34.6. The Labute approximate surface area is 368 Å². The van der Waals surface area contributed by atoms with E-state index in [9.17, 15) is 19.5 Å². The smallest absolute Gasteiger partial charge is 0.326 e. The molecule has 10 nitrogen and oxygen atoms in total. The van der Waals surface area contributed by atoms with E-state index in [1.807, 2.05) is 89.8 Å². The van der Waals surface area contributed by atoms with Crippen LogP contribution >= 0.6 is 23.2 Å². The normalized spacial score (nSPS) is 15.9. The van der Waals surface area contributed by atoms with E-state index < -0.39 is 30.1 Å². The number of nitriles is 1. The van der Waals surface area contributed by atoms with Crippen LogP contribution in [-0.4, -0.2) is 46.4 Å². The van der Waals surface area contributed by atoms with Crippen molar-refractivity contribution < 1.29 is 29.0 Å². The SMILES string of the molecule is N#Cc1ccc(-c2ccc(CC(NC(=O)C3Cc4cc5c(cc4CN3CC#Cc3ccccc3)OC(c3ccc(OCc4ccc(Cl)c(Cl)c4)cc3)C(=O)N5)C(=O)O)cc2)cc1. The van der Waals surface area contributed by atoms with Crippen LogP contribution in [0.2, 0.25) is 10.0 Å². The molecule has 0 radical (unpaired) electrons. The lowest BCUT2D eigenvalue weighted by molar-refractivity contribution is -0.142. The van der Waals surface area contributed by atoms with Gasteiger partial charge in [0.05, 0.1) is 40.0 Å². The molecule has 3 N–H and O–H groups in total. The number of rotatable bonds is 11. The van der Waals surface area contributed by atoms with E-state index >= 15 is 0 Å². The van der Waals surface area contributed by atoms with Crippen LogP contribution in [0.1, 0.15) is 45.0 Å². The molecule has 0 saturated heterocycles. The van der Waals surface area contributed by atoms with Crippen LogP contribution in [0.4, 0.5) is 5.69 Å². The van der Waals surface area contributed by atoms with Crippen molar-refractivity contribution in [2.24, 2.45) is 0 Å². The van der Waals surface area contributed by atoms with Crippen molar-refractivity contribution in [1.82, 2.24) is 10.2 Å². The molecule has 0 aromatic heterocycles. The lowest BCUT2D eigenvalue weighted by atomic mass is 9.91. The molecule has 0 bridgehead atoms. The Hall–Kier alpha value is -7.08.